The van der Waals surface area contributed by atoms with Crippen molar-refractivity contribution in [3.8, 4) is 0 Å². The van der Waals surface area contributed by atoms with Crippen LogP contribution >= 0.6 is 0 Å². The maximum Gasteiger partial charge on any atom is 0.227 e. The van der Waals surface area contributed by atoms with Crippen LogP contribution in [-0.2, 0) is 4.79 Å². The van der Waals surface area contributed by atoms with Crippen LogP contribution in [0.15, 0.2) is 12.2 Å². The molecule has 1 fully saturated rings. The zero-order valence-electron chi connectivity index (χ0n) is 13.3. The van der Waals surface area contributed by atoms with Gasteiger partial charge in [0.2, 0.25) is 5.91 Å². The van der Waals surface area contributed by atoms with E-state index < -0.39 is 0 Å². The summed E-state index contributed by atoms with van der Waals surface area (Å²) >= 11 is 0. The molecular weight excluding hydrogens is 248 g/mol. The average molecular weight is 278 g/mol. The van der Waals surface area contributed by atoms with Gasteiger partial charge in [0.1, 0.15) is 0 Å². The Balaban J connectivity index is 1.69. The van der Waals surface area contributed by atoms with Gasteiger partial charge in [0, 0.05) is 24.5 Å². The van der Waals surface area contributed by atoms with Gasteiger partial charge in [-0.1, -0.05) is 32.9 Å². The highest BCUT2D eigenvalue weighted by Crippen LogP contribution is 2.22. The molecule has 1 N–H and O–H groups in total. The van der Waals surface area contributed by atoms with Crippen LogP contribution in [0.2, 0.25) is 0 Å². The Morgan fingerprint density at radius 2 is 1.90 bits per heavy atom. The summed E-state index contributed by atoms with van der Waals surface area (Å²) in [6.07, 6.45) is 10.6. The van der Waals surface area contributed by atoms with Crippen molar-refractivity contribution in [2.24, 2.45) is 11.3 Å². The van der Waals surface area contributed by atoms with E-state index in [2.05, 4.69) is 17.5 Å². The Kier molecular flexibility index (Phi) is 5.25. The van der Waals surface area contributed by atoms with Crippen LogP contribution in [0.1, 0.15) is 52.9 Å². The molecule has 0 aromatic rings. The predicted molar refractivity (Wildman–Crippen MR) is 83.5 cm³/mol. The van der Waals surface area contributed by atoms with Crippen molar-refractivity contribution >= 4 is 5.91 Å². The fourth-order valence-corrected chi connectivity index (χ4v) is 3.14. The third kappa shape index (κ3) is 4.34. The molecule has 0 spiro atoms. The molecular formula is C17H30N2O. The summed E-state index contributed by atoms with van der Waals surface area (Å²) in [5.74, 6) is 1.11. The van der Waals surface area contributed by atoms with E-state index in [1.807, 2.05) is 25.7 Å². The van der Waals surface area contributed by atoms with Gasteiger partial charge in [-0.15, -0.1) is 0 Å². The number of amides is 1. The van der Waals surface area contributed by atoms with Gasteiger partial charge in [-0.05, 0) is 44.6 Å². The number of piperidine rings is 1. The Hall–Kier alpha value is -0.830. The number of hydrogen-bond donors (Lipinski definition) is 1. The van der Waals surface area contributed by atoms with E-state index in [-0.39, 0.29) is 5.41 Å². The van der Waals surface area contributed by atoms with Crippen molar-refractivity contribution in [2.45, 2.75) is 58.9 Å². The number of carbonyl (C=O) groups excluding carboxylic acids is 1. The van der Waals surface area contributed by atoms with E-state index in [0.29, 0.717) is 11.9 Å². The molecule has 0 saturated carbocycles. The number of rotatable bonds is 3. The van der Waals surface area contributed by atoms with E-state index in [9.17, 15) is 4.79 Å². The van der Waals surface area contributed by atoms with Gasteiger partial charge in [-0.2, -0.15) is 0 Å². The number of hydrogen-bond acceptors (Lipinski definition) is 2. The number of likely N-dealkylation sites (tertiary alicyclic amines) is 1. The Morgan fingerprint density at radius 3 is 2.45 bits per heavy atom. The predicted octanol–water partition coefficient (Wildman–Crippen LogP) is 2.97. The minimum atomic E-state index is -0.241. The summed E-state index contributed by atoms with van der Waals surface area (Å²) in [5.41, 5.74) is -0.241. The van der Waals surface area contributed by atoms with Crippen molar-refractivity contribution in [1.29, 1.82) is 0 Å². The highest BCUT2D eigenvalue weighted by molar-refractivity contribution is 5.81. The molecule has 20 heavy (non-hydrogen) atoms. The molecule has 0 aromatic heterocycles. The summed E-state index contributed by atoms with van der Waals surface area (Å²) in [6, 6.07) is 0.602. The Morgan fingerprint density at radius 1 is 1.20 bits per heavy atom. The van der Waals surface area contributed by atoms with E-state index in [1.54, 1.807) is 0 Å². The van der Waals surface area contributed by atoms with Gasteiger partial charge in [0.25, 0.3) is 0 Å². The highest BCUT2D eigenvalue weighted by atomic mass is 16.2. The number of nitrogens with zero attached hydrogens (tertiary/aromatic N) is 1. The number of carbonyl (C=O) groups is 1. The van der Waals surface area contributed by atoms with Gasteiger partial charge in [-0.3, -0.25) is 4.79 Å². The van der Waals surface area contributed by atoms with E-state index >= 15 is 0 Å². The van der Waals surface area contributed by atoms with E-state index in [4.69, 9.17) is 0 Å². The summed E-state index contributed by atoms with van der Waals surface area (Å²) in [5, 5.41) is 3.72. The second-order valence-electron chi connectivity index (χ2n) is 7.38. The monoisotopic (exact) mass is 278 g/mol. The standard InChI is InChI=1S/C17H30N2O/c1-17(2,3)16(20)19-11-9-15(10-12-19)18-13-14-7-5-4-6-8-14/h4-5,14-15,18H,6-13H2,1-3H3. The summed E-state index contributed by atoms with van der Waals surface area (Å²) in [4.78, 5) is 14.3. The maximum absolute atomic E-state index is 12.2. The highest BCUT2D eigenvalue weighted by Gasteiger charge is 2.30. The first kappa shape index (κ1) is 15.6. The van der Waals surface area contributed by atoms with Gasteiger partial charge in [0.05, 0.1) is 0 Å². The zero-order valence-corrected chi connectivity index (χ0v) is 13.3. The van der Waals surface area contributed by atoms with Crippen molar-refractivity contribution in [3.05, 3.63) is 12.2 Å². The second kappa shape index (κ2) is 6.75. The van der Waals surface area contributed by atoms with Gasteiger partial charge < -0.3 is 10.2 Å². The smallest absolute Gasteiger partial charge is 0.227 e. The minimum Gasteiger partial charge on any atom is -0.342 e. The van der Waals surface area contributed by atoms with Gasteiger partial charge in [0.15, 0.2) is 0 Å². The molecule has 2 aliphatic rings. The quantitative estimate of drug-likeness (QED) is 0.805. The first-order chi connectivity index (χ1) is 9.47. The fraction of sp³-hybridized carbons (Fsp3) is 0.824. The molecule has 1 atom stereocenters. The van der Waals surface area contributed by atoms with Crippen molar-refractivity contribution in [2.75, 3.05) is 19.6 Å². The zero-order chi connectivity index (χ0) is 14.6. The maximum atomic E-state index is 12.2. The normalized spacial score (nSPS) is 24.9. The number of allylic oxidation sites excluding steroid dienone is 2. The average Bonchev–Trinajstić information content (AvgIpc) is 2.45. The van der Waals surface area contributed by atoms with Crippen LogP contribution in [0.25, 0.3) is 0 Å². The lowest BCUT2D eigenvalue weighted by Gasteiger charge is -2.36. The second-order valence-corrected chi connectivity index (χ2v) is 7.38. The molecule has 1 saturated heterocycles. The molecule has 2 rings (SSSR count). The molecule has 0 aromatic carbocycles. The van der Waals surface area contributed by atoms with Crippen LogP contribution in [0.5, 0.6) is 0 Å². The third-order valence-electron chi connectivity index (χ3n) is 4.50. The number of nitrogens with one attached hydrogen (secondary N) is 1. The third-order valence-corrected chi connectivity index (χ3v) is 4.50. The molecule has 1 amide bonds. The molecule has 1 heterocycles. The Bertz CT molecular complexity index is 348. The lowest BCUT2D eigenvalue weighted by molar-refractivity contribution is -0.140. The summed E-state index contributed by atoms with van der Waals surface area (Å²) in [6.45, 7) is 9.00. The van der Waals surface area contributed by atoms with Crippen LogP contribution in [0, 0.1) is 11.3 Å². The molecule has 1 aliphatic carbocycles. The van der Waals surface area contributed by atoms with E-state index in [1.165, 1.54) is 19.3 Å². The van der Waals surface area contributed by atoms with Gasteiger partial charge >= 0.3 is 0 Å². The van der Waals surface area contributed by atoms with E-state index in [0.717, 1.165) is 38.4 Å². The summed E-state index contributed by atoms with van der Waals surface area (Å²) in [7, 11) is 0. The van der Waals surface area contributed by atoms with Crippen LogP contribution in [0.4, 0.5) is 0 Å². The molecule has 0 bridgehead atoms. The topological polar surface area (TPSA) is 32.3 Å². The molecule has 3 nitrogen and oxygen atoms in total. The van der Waals surface area contributed by atoms with Crippen molar-refractivity contribution < 1.29 is 4.79 Å². The molecule has 1 unspecified atom stereocenters. The SMILES string of the molecule is CC(C)(C)C(=O)N1CCC(NCC2CC=CCC2)CC1. The van der Waals surface area contributed by atoms with Gasteiger partial charge in [-0.25, -0.2) is 0 Å². The fourth-order valence-electron chi connectivity index (χ4n) is 3.14. The molecule has 3 heteroatoms. The van der Waals surface area contributed by atoms with Crippen molar-refractivity contribution in [3.63, 3.8) is 0 Å². The van der Waals surface area contributed by atoms with Crippen LogP contribution in [-0.4, -0.2) is 36.5 Å². The molecule has 0 radical (unpaired) electrons. The summed E-state index contributed by atoms with van der Waals surface area (Å²) < 4.78 is 0. The van der Waals surface area contributed by atoms with Crippen LogP contribution < -0.4 is 5.32 Å². The van der Waals surface area contributed by atoms with Crippen LogP contribution in [0.3, 0.4) is 0 Å². The lowest BCUT2D eigenvalue weighted by atomic mass is 9.92. The first-order valence-corrected chi connectivity index (χ1v) is 8.14. The molecule has 1 aliphatic heterocycles. The lowest BCUT2D eigenvalue weighted by Crippen LogP contribution is -2.48. The minimum absolute atomic E-state index is 0.241. The Labute approximate surface area is 123 Å². The largest absolute Gasteiger partial charge is 0.342 e. The van der Waals surface area contributed by atoms with Crippen molar-refractivity contribution in [1.82, 2.24) is 10.2 Å². The molecule has 114 valence electrons. The first-order valence-electron chi connectivity index (χ1n) is 8.14.